The number of carbonyl (C=O) groups is 4. The van der Waals surface area contributed by atoms with E-state index < -0.39 is 56.4 Å². The van der Waals surface area contributed by atoms with Crippen molar-refractivity contribution in [2.45, 2.75) is 43.4 Å². The second-order valence-corrected chi connectivity index (χ2v) is 10.6. The van der Waals surface area contributed by atoms with E-state index >= 15 is 0 Å². The molecule has 2 saturated heterocycles. The number of aromatic nitrogens is 1. The Morgan fingerprint density at radius 1 is 1.26 bits per heavy atom. The summed E-state index contributed by atoms with van der Waals surface area (Å²) in [7, 11) is -3.94. The van der Waals surface area contributed by atoms with E-state index in [1.807, 2.05) is 0 Å². The van der Waals surface area contributed by atoms with Gasteiger partial charge in [0.15, 0.2) is 15.2 Å². The van der Waals surface area contributed by atoms with Crippen LogP contribution in [0.25, 0.3) is 0 Å². The van der Waals surface area contributed by atoms with E-state index in [2.05, 4.69) is 6.58 Å². The number of ether oxygens (including phenoxy) is 2. The molecule has 2 aliphatic heterocycles. The van der Waals surface area contributed by atoms with Crippen LogP contribution in [-0.4, -0.2) is 71.0 Å². The Hall–Kier alpha value is -2.95. The highest BCUT2D eigenvalue weighted by Crippen LogP contribution is 2.48. The zero-order valence-electron chi connectivity index (χ0n) is 17.4. The molecule has 0 bridgehead atoms. The molecule has 168 valence electrons. The van der Waals surface area contributed by atoms with Crippen LogP contribution >= 0.6 is 0 Å². The first kappa shape index (κ1) is 22.7. The SMILES string of the molecule is C=CCOC(=O)[C@@H]1N2C(=O)C(COC(=O)Cc3cccn3C(C)=O)[C@H]2S(=O)(=O)C1(C)C. The minimum Gasteiger partial charge on any atom is -0.464 e. The van der Waals surface area contributed by atoms with Crippen molar-refractivity contribution in [2.75, 3.05) is 13.2 Å². The third-order valence-corrected chi connectivity index (χ3v) is 8.55. The van der Waals surface area contributed by atoms with Gasteiger partial charge in [0, 0.05) is 18.8 Å². The number of esters is 2. The van der Waals surface area contributed by atoms with Gasteiger partial charge >= 0.3 is 11.9 Å². The quantitative estimate of drug-likeness (QED) is 0.329. The third kappa shape index (κ3) is 3.56. The van der Waals surface area contributed by atoms with Crippen molar-refractivity contribution in [3.63, 3.8) is 0 Å². The first-order valence-electron chi connectivity index (χ1n) is 9.61. The number of fused-ring (bicyclic) bond motifs is 1. The summed E-state index contributed by atoms with van der Waals surface area (Å²) >= 11 is 0. The van der Waals surface area contributed by atoms with E-state index in [1.54, 1.807) is 12.1 Å². The number of carbonyl (C=O) groups excluding carboxylic acids is 4. The Bertz CT molecular complexity index is 1050. The van der Waals surface area contributed by atoms with Crippen molar-refractivity contribution >= 4 is 33.6 Å². The van der Waals surface area contributed by atoms with Gasteiger partial charge in [-0.2, -0.15) is 0 Å². The van der Waals surface area contributed by atoms with Crippen LogP contribution in [0.3, 0.4) is 0 Å². The zero-order valence-corrected chi connectivity index (χ0v) is 18.3. The molecule has 0 N–H and O–H groups in total. The Morgan fingerprint density at radius 2 is 1.94 bits per heavy atom. The maximum atomic E-state index is 13.0. The fourth-order valence-corrected chi connectivity index (χ4v) is 6.31. The normalized spacial score (nSPS) is 25.3. The fraction of sp³-hybridized carbons (Fsp3) is 0.500. The second-order valence-electron chi connectivity index (χ2n) is 7.96. The summed E-state index contributed by atoms with van der Waals surface area (Å²) in [5, 5.41) is -1.27. The Morgan fingerprint density at radius 3 is 2.55 bits per heavy atom. The van der Waals surface area contributed by atoms with E-state index in [9.17, 15) is 27.6 Å². The highest BCUT2D eigenvalue weighted by molar-refractivity contribution is 7.93. The van der Waals surface area contributed by atoms with Gasteiger partial charge in [0.2, 0.25) is 11.8 Å². The first-order valence-corrected chi connectivity index (χ1v) is 11.2. The lowest BCUT2D eigenvalue weighted by Crippen LogP contribution is -2.65. The van der Waals surface area contributed by atoms with E-state index in [-0.39, 0.29) is 18.9 Å². The molecular formula is C20H24N2O8S. The maximum absolute atomic E-state index is 13.0. The maximum Gasteiger partial charge on any atom is 0.330 e. The second kappa shape index (κ2) is 7.95. The topological polar surface area (TPSA) is 129 Å². The molecule has 31 heavy (non-hydrogen) atoms. The van der Waals surface area contributed by atoms with Crippen LogP contribution in [0.15, 0.2) is 31.0 Å². The summed E-state index contributed by atoms with van der Waals surface area (Å²) in [6, 6.07) is 1.90. The summed E-state index contributed by atoms with van der Waals surface area (Å²) in [4.78, 5) is 49.8. The Kier molecular flexibility index (Phi) is 5.83. The van der Waals surface area contributed by atoms with E-state index in [1.165, 1.54) is 37.6 Å². The number of sulfone groups is 1. The highest BCUT2D eigenvalue weighted by Gasteiger charge is 2.72. The van der Waals surface area contributed by atoms with Crippen LogP contribution in [0.4, 0.5) is 0 Å². The molecule has 3 atom stereocenters. The number of β-lactam (4-membered cyclic amide) rings is 1. The molecule has 0 spiro atoms. The predicted molar refractivity (Wildman–Crippen MR) is 107 cm³/mol. The van der Waals surface area contributed by atoms with Crippen LogP contribution in [0.1, 0.15) is 31.3 Å². The van der Waals surface area contributed by atoms with Crippen molar-refractivity contribution in [2.24, 2.45) is 5.92 Å². The van der Waals surface area contributed by atoms with Crippen LogP contribution in [0.2, 0.25) is 0 Å². The van der Waals surface area contributed by atoms with Gasteiger partial charge in [0.1, 0.15) is 25.2 Å². The zero-order chi connectivity index (χ0) is 23.1. The molecule has 1 aromatic heterocycles. The van der Waals surface area contributed by atoms with Crippen LogP contribution in [0, 0.1) is 5.92 Å². The summed E-state index contributed by atoms with van der Waals surface area (Å²) in [6.45, 7) is 6.97. The highest BCUT2D eigenvalue weighted by atomic mass is 32.2. The van der Waals surface area contributed by atoms with Crippen LogP contribution in [0.5, 0.6) is 0 Å². The van der Waals surface area contributed by atoms with Gasteiger partial charge in [-0.05, 0) is 26.0 Å². The number of amides is 1. The average Bonchev–Trinajstić information content (AvgIpc) is 3.19. The molecular weight excluding hydrogens is 428 g/mol. The minimum atomic E-state index is -3.94. The molecule has 2 aliphatic rings. The van der Waals surface area contributed by atoms with Gasteiger partial charge < -0.3 is 14.4 Å². The Balaban J connectivity index is 1.71. The number of nitrogens with zero attached hydrogens (tertiary/aromatic N) is 2. The summed E-state index contributed by atoms with van der Waals surface area (Å²) in [5.41, 5.74) is 0.415. The molecule has 1 unspecified atom stereocenters. The van der Waals surface area contributed by atoms with E-state index in [0.29, 0.717) is 5.69 Å². The largest absolute Gasteiger partial charge is 0.464 e. The smallest absolute Gasteiger partial charge is 0.330 e. The predicted octanol–water partition coefficient (Wildman–Crippen LogP) is 0.323. The van der Waals surface area contributed by atoms with Crippen LogP contribution in [-0.2, 0) is 40.1 Å². The summed E-state index contributed by atoms with van der Waals surface area (Å²) in [5.74, 6) is -3.51. The summed E-state index contributed by atoms with van der Waals surface area (Å²) in [6.07, 6.45) is 2.64. The van der Waals surface area contributed by atoms with E-state index in [0.717, 1.165) is 4.90 Å². The third-order valence-electron chi connectivity index (χ3n) is 5.67. The van der Waals surface area contributed by atoms with Crippen LogP contribution < -0.4 is 0 Å². The molecule has 11 heteroatoms. The van der Waals surface area contributed by atoms with Gasteiger partial charge in [-0.1, -0.05) is 12.7 Å². The monoisotopic (exact) mass is 452 g/mol. The molecule has 1 amide bonds. The van der Waals surface area contributed by atoms with Gasteiger partial charge in [-0.15, -0.1) is 0 Å². The minimum absolute atomic E-state index is 0.110. The lowest BCUT2D eigenvalue weighted by molar-refractivity contribution is -0.170. The van der Waals surface area contributed by atoms with Gasteiger partial charge in [0.25, 0.3) is 0 Å². The summed E-state index contributed by atoms with van der Waals surface area (Å²) < 4.78 is 36.0. The first-order chi connectivity index (χ1) is 14.4. The molecule has 1 aromatic rings. The standard InChI is InChI=1S/C20H24N2O8S/c1-5-9-29-19(26)16-20(3,4)31(27,28)18-14(17(25)22(16)18)11-30-15(24)10-13-7-6-8-21(13)12(2)23/h5-8,14,16,18H,1,9-11H2,2-4H3/t14?,16-,18+/m0/s1. The molecule has 3 heterocycles. The van der Waals surface area contributed by atoms with Gasteiger partial charge in [0.05, 0.1) is 11.2 Å². The Labute approximate surface area is 179 Å². The van der Waals surface area contributed by atoms with Crippen molar-refractivity contribution in [1.29, 1.82) is 0 Å². The van der Waals surface area contributed by atoms with Crippen molar-refractivity contribution in [3.05, 3.63) is 36.7 Å². The van der Waals surface area contributed by atoms with Gasteiger partial charge in [-0.25, -0.2) is 13.2 Å². The molecule has 2 fully saturated rings. The van der Waals surface area contributed by atoms with Crippen molar-refractivity contribution < 1.29 is 37.1 Å². The number of hydrogen-bond acceptors (Lipinski definition) is 8. The molecule has 3 rings (SSSR count). The van der Waals surface area contributed by atoms with Crippen molar-refractivity contribution in [3.8, 4) is 0 Å². The molecule has 0 aromatic carbocycles. The molecule has 0 radical (unpaired) electrons. The molecule has 0 saturated carbocycles. The van der Waals surface area contributed by atoms with Gasteiger partial charge in [-0.3, -0.25) is 19.0 Å². The average molecular weight is 452 g/mol. The fourth-order valence-electron chi connectivity index (χ4n) is 4.01. The van der Waals surface area contributed by atoms with Crippen molar-refractivity contribution in [1.82, 2.24) is 9.47 Å². The lowest BCUT2D eigenvalue weighted by Gasteiger charge is -2.42. The lowest BCUT2D eigenvalue weighted by atomic mass is 9.92. The van der Waals surface area contributed by atoms with E-state index in [4.69, 9.17) is 9.47 Å². The number of rotatable bonds is 7. The molecule has 10 nitrogen and oxygen atoms in total. The number of hydrogen-bond donors (Lipinski definition) is 0. The molecule has 0 aliphatic carbocycles.